The van der Waals surface area contributed by atoms with Gasteiger partial charge in [-0.2, -0.15) is 0 Å². The van der Waals surface area contributed by atoms with Crippen molar-refractivity contribution in [3.05, 3.63) is 17.0 Å². The van der Waals surface area contributed by atoms with Gasteiger partial charge >= 0.3 is 0 Å². The zero-order chi connectivity index (χ0) is 14.4. The number of hydrogen-bond acceptors (Lipinski definition) is 4. The summed E-state index contributed by atoms with van der Waals surface area (Å²) >= 11 is 6.00. The van der Waals surface area contributed by atoms with Crippen LogP contribution >= 0.6 is 11.6 Å². The number of carbonyl (C=O) groups excluding carboxylic acids is 1. The van der Waals surface area contributed by atoms with Gasteiger partial charge in [0.2, 0.25) is 5.91 Å². The highest BCUT2D eigenvalue weighted by Gasteiger charge is 2.15. The Kier molecular flexibility index (Phi) is 6.02. The first-order chi connectivity index (χ1) is 8.97. The third-order valence-electron chi connectivity index (χ3n) is 2.69. The molecule has 1 aromatic heterocycles. The van der Waals surface area contributed by atoms with Crippen LogP contribution in [0.25, 0.3) is 0 Å². The summed E-state index contributed by atoms with van der Waals surface area (Å²) in [6.07, 6.45) is 1.65. The lowest BCUT2D eigenvalue weighted by molar-refractivity contribution is -0.127. The van der Waals surface area contributed by atoms with E-state index in [9.17, 15) is 4.79 Å². The Balaban J connectivity index is 2.97. The summed E-state index contributed by atoms with van der Waals surface area (Å²) in [5, 5.41) is 0.417. The van der Waals surface area contributed by atoms with Crippen LogP contribution in [0.1, 0.15) is 26.1 Å². The van der Waals surface area contributed by atoms with Gasteiger partial charge in [0, 0.05) is 33.1 Å². The molecular weight excluding hydrogens is 264 g/mol. The van der Waals surface area contributed by atoms with Crippen molar-refractivity contribution < 1.29 is 4.79 Å². The van der Waals surface area contributed by atoms with E-state index in [1.165, 1.54) is 0 Å². The summed E-state index contributed by atoms with van der Waals surface area (Å²) in [5.74, 6) is 1.45. The number of likely N-dealkylation sites (N-methyl/N-ethyl adjacent to an activating group) is 1. The number of amides is 1. The molecule has 0 radical (unpaired) electrons. The van der Waals surface area contributed by atoms with E-state index in [1.54, 1.807) is 25.1 Å². The smallest absolute Gasteiger partial charge is 0.241 e. The first-order valence-electron chi connectivity index (χ1n) is 6.46. The summed E-state index contributed by atoms with van der Waals surface area (Å²) in [7, 11) is 3.49. The number of carbonyl (C=O) groups is 1. The number of nitrogens with zero attached hydrogens (tertiary/aromatic N) is 4. The summed E-state index contributed by atoms with van der Waals surface area (Å²) in [6, 6.07) is 1.71. The summed E-state index contributed by atoms with van der Waals surface area (Å²) in [5.41, 5.74) is 0. The maximum Gasteiger partial charge on any atom is 0.241 e. The number of rotatable bonds is 6. The predicted octanol–water partition coefficient (Wildman–Crippen LogP) is 2.00. The maximum atomic E-state index is 11.8. The third-order valence-corrected chi connectivity index (χ3v) is 2.88. The number of hydrogen-bond donors (Lipinski definition) is 0. The van der Waals surface area contributed by atoms with Gasteiger partial charge < -0.3 is 9.80 Å². The van der Waals surface area contributed by atoms with Crippen molar-refractivity contribution in [3.63, 3.8) is 0 Å². The molecule has 0 atom stereocenters. The molecule has 0 aliphatic heterocycles. The van der Waals surface area contributed by atoms with Crippen LogP contribution in [0.15, 0.2) is 6.07 Å². The van der Waals surface area contributed by atoms with E-state index >= 15 is 0 Å². The molecule has 0 unspecified atom stereocenters. The highest BCUT2D eigenvalue weighted by atomic mass is 35.5. The molecule has 0 fully saturated rings. The highest BCUT2D eigenvalue weighted by Crippen LogP contribution is 2.17. The van der Waals surface area contributed by atoms with E-state index in [0.717, 1.165) is 19.4 Å². The number of aromatic nitrogens is 2. The van der Waals surface area contributed by atoms with Gasteiger partial charge in [-0.1, -0.05) is 25.4 Å². The molecule has 0 aliphatic rings. The average molecular weight is 285 g/mol. The van der Waals surface area contributed by atoms with Crippen LogP contribution < -0.4 is 4.90 Å². The zero-order valence-electron chi connectivity index (χ0n) is 12.0. The van der Waals surface area contributed by atoms with Gasteiger partial charge in [0.25, 0.3) is 0 Å². The molecule has 0 saturated carbocycles. The maximum absolute atomic E-state index is 11.8. The standard InChI is InChI=1S/C13H21ClN4O/c1-5-7-18(9-13(19)17(3)4)12-8-10(14)15-11(6-2)16-12/h8H,5-7,9H2,1-4H3. The topological polar surface area (TPSA) is 49.3 Å². The molecule has 1 heterocycles. The monoisotopic (exact) mass is 284 g/mol. The van der Waals surface area contributed by atoms with Crippen LogP contribution in [-0.4, -0.2) is 48.0 Å². The molecule has 1 rings (SSSR count). The van der Waals surface area contributed by atoms with E-state index in [2.05, 4.69) is 16.9 Å². The molecule has 106 valence electrons. The molecule has 0 N–H and O–H groups in total. The fraction of sp³-hybridized carbons (Fsp3) is 0.615. The zero-order valence-corrected chi connectivity index (χ0v) is 12.7. The van der Waals surface area contributed by atoms with Gasteiger partial charge in [0.15, 0.2) is 0 Å². The van der Waals surface area contributed by atoms with Gasteiger partial charge in [0.05, 0.1) is 6.54 Å². The highest BCUT2D eigenvalue weighted by molar-refractivity contribution is 6.29. The van der Waals surface area contributed by atoms with Crippen molar-refractivity contribution in [2.45, 2.75) is 26.7 Å². The van der Waals surface area contributed by atoms with Crippen LogP contribution in [0.4, 0.5) is 5.82 Å². The summed E-state index contributed by atoms with van der Waals surface area (Å²) < 4.78 is 0. The summed E-state index contributed by atoms with van der Waals surface area (Å²) in [4.78, 5) is 23.9. The molecule has 1 aromatic rings. The Morgan fingerprint density at radius 1 is 1.32 bits per heavy atom. The molecule has 0 bridgehead atoms. The van der Waals surface area contributed by atoms with Crippen molar-refractivity contribution in [2.24, 2.45) is 0 Å². The second kappa shape index (κ2) is 7.28. The van der Waals surface area contributed by atoms with Crippen molar-refractivity contribution in [1.29, 1.82) is 0 Å². The van der Waals surface area contributed by atoms with Gasteiger partial charge in [-0.15, -0.1) is 0 Å². The van der Waals surface area contributed by atoms with E-state index in [1.807, 2.05) is 11.8 Å². The predicted molar refractivity (Wildman–Crippen MR) is 77.6 cm³/mol. The van der Waals surface area contributed by atoms with E-state index in [0.29, 0.717) is 23.3 Å². The molecule has 0 spiro atoms. The lowest BCUT2D eigenvalue weighted by Gasteiger charge is -2.24. The van der Waals surface area contributed by atoms with Crippen molar-refractivity contribution >= 4 is 23.3 Å². The van der Waals surface area contributed by atoms with Crippen molar-refractivity contribution in [1.82, 2.24) is 14.9 Å². The number of anilines is 1. The van der Waals surface area contributed by atoms with Crippen LogP contribution in [0.5, 0.6) is 0 Å². The van der Waals surface area contributed by atoms with Crippen molar-refractivity contribution in [3.8, 4) is 0 Å². The van der Waals surface area contributed by atoms with Crippen molar-refractivity contribution in [2.75, 3.05) is 32.1 Å². The SMILES string of the molecule is CCCN(CC(=O)N(C)C)c1cc(Cl)nc(CC)n1. The van der Waals surface area contributed by atoms with E-state index in [-0.39, 0.29) is 5.91 Å². The quantitative estimate of drug-likeness (QED) is 0.750. The van der Waals surface area contributed by atoms with Gasteiger partial charge in [-0.3, -0.25) is 4.79 Å². The number of halogens is 1. The van der Waals surface area contributed by atoms with E-state index < -0.39 is 0 Å². The Morgan fingerprint density at radius 2 is 2.00 bits per heavy atom. The Hall–Kier alpha value is -1.36. The Morgan fingerprint density at radius 3 is 2.53 bits per heavy atom. The average Bonchev–Trinajstić information content (AvgIpc) is 2.37. The fourth-order valence-electron chi connectivity index (χ4n) is 1.62. The Bertz CT molecular complexity index is 437. The molecule has 0 saturated heterocycles. The minimum atomic E-state index is 0.0428. The van der Waals surface area contributed by atoms with Crippen LogP contribution in [0.3, 0.4) is 0 Å². The molecule has 5 nitrogen and oxygen atoms in total. The van der Waals surface area contributed by atoms with Gasteiger partial charge in [-0.25, -0.2) is 9.97 Å². The first-order valence-corrected chi connectivity index (χ1v) is 6.84. The normalized spacial score (nSPS) is 10.4. The molecule has 19 heavy (non-hydrogen) atoms. The molecule has 0 aromatic carbocycles. The van der Waals surface area contributed by atoms with Crippen LogP contribution in [0, 0.1) is 0 Å². The lowest BCUT2D eigenvalue weighted by atomic mass is 10.3. The minimum Gasteiger partial charge on any atom is -0.347 e. The number of aryl methyl sites for hydroxylation is 1. The molecule has 0 aliphatic carbocycles. The lowest BCUT2D eigenvalue weighted by Crippen LogP contribution is -2.37. The van der Waals surface area contributed by atoms with Crippen LogP contribution in [0.2, 0.25) is 5.15 Å². The molecule has 1 amide bonds. The summed E-state index contributed by atoms with van der Waals surface area (Å²) in [6.45, 7) is 5.11. The first kappa shape index (κ1) is 15.7. The van der Waals surface area contributed by atoms with Crippen LogP contribution in [-0.2, 0) is 11.2 Å². The van der Waals surface area contributed by atoms with E-state index in [4.69, 9.17) is 11.6 Å². The Labute approximate surface area is 119 Å². The third kappa shape index (κ3) is 4.67. The largest absolute Gasteiger partial charge is 0.347 e. The second-order valence-corrected chi connectivity index (χ2v) is 4.92. The van der Waals surface area contributed by atoms with Gasteiger partial charge in [-0.05, 0) is 6.42 Å². The minimum absolute atomic E-state index is 0.0428. The van der Waals surface area contributed by atoms with Gasteiger partial charge in [0.1, 0.15) is 16.8 Å². The molecule has 6 heteroatoms. The fourth-order valence-corrected chi connectivity index (χ4v) is 1.82. The second-order valence-electron chi connectivity index (χ2n) is 4.53. The molecular formula is C13H21ClN4O.